The molecule has 1 aromatic carbocycles. The summed E-state index contributed by atoms with van der Waals surface area (Å²) in [6.07, 6.45) is -4.42. The van der Waals surface area contributed by atoms with Gasteiger partial charge in [0.05, 0.1) is 12.7 Å². The van der Waals surface area contributed by atoms with Gasteiger partial charge >= 0.3 is 12.1 Å². The van der Waals surface area contributed by atoms with Crippen LogP contribution < -0.4 is 5.32 Å². The highest BCUT2D eigenvalue weighted by atomic mass is 19.4. The molecule has 3 nitrogen and oxygen atoms in total. The second-order valence-electron chi connectivity index (χ2n) is 5.55. The van der Waals surface area contributed by atoms with Crippen LogP contribution in [-0.4, -0.2) is 19.1 Å². The normalized spacial score (nSPS) is 13.8. The Hall–Kier alpha value is -1.72. The van der Waals surface area contributed by atoms with E-state index < -0.39 is 29.2 Å². The number of benzene rings is 1. The number of esters is 1. The van der Waals surface area contributed by atoms with Gasteiger partial charge < -0.3 is 10.1 Å². The standard InChI is InChI=1S/C14H18F3NO2/c1-13(2,3)11(12(19)20-4)18-10-7-5-6-9(8-10)14(15,16)17/h5-8,11,18H,1-4H3. The first-order chi connectivity index (χ1) is 9.05. The van der Waals surface area contributed by atoms with Crippen molar-refractivity contribution < 1.29 is 22.7 Å². The highest BCUT2D eigenvalue weighted by Gasteiger charge is 2.34. The summed E-state index contributed by atoms with van der Waals surface area (Å²) in [5, 5.41) is 2.81. The molecule has 6 heteroatoms. The number of alkyl halides is 3. The van der Waals surface area contributed by atoms with Crippen molar-refractivity contribution in [2.45, 2.75) is 33.0 Å². The molecule has 0 aliphatic rings. The summed E-state index contributed by atoms with van der Waals surface area (Å²) in [5.74, 6) is -0.519. The van der Waals surface area contributed by atoms with Gasteiger partial charge in [-0.15, -0.1) is 0 Å². The predicted octanol–water partition coefficient (Wildman–Crippen LogP) is 3.71. The number of anilines is 1. The molecular formula is C14H18F3NO2. The highest BCUT2D eigenvalue weighted by molar-refractivity contribution is 5.80. The van der Waals surface area contributed by atoms with Crippen molar-refractivity contribution in [2.24, 2.45) is 5.41 Å². The van der Waals surface area contributed by atoms with Gasteiger partial charge in [-0.05, 0) is 23.6 Å². The zero-order chi connectivity index (χ0) is 15.6. The fraction of sp³-hybridized carbons (Fsp3) is 0.500. The molecule has 0 amide bonds. The van der Waals surface area contributed by atoms with E-state index in [-0.39, 0.29) is 5.69 Å². The maximum Gasteiger partial charge on any atom is 0.416 e. The first kappa shape index (κ1) is 16.3. The monoisotopic (exact) mass is 289 g/mol. The molecule has 112 valence electrons. The molecule has 0 aliphatic carbocycles. The van der Waals surface area contributed by atoms with Gasteiger partial charge in [0, 0.05) is 5.69 Å². The van der Waals surface area contributed by atoms with Crippen LogP contribution in [-0.2, 0) is 15.7 Å². The summed E-state index contributed by atoms with van der Waals surface area (Å²) in [6, 6.07) is 3.99. The molecule has 0 fully saturated rings. The Kier molecular flexibility index (Phi) is 4.68. The summed E-state index contributed by atoms with van der Waals surface area (Å²) in [7, 11) is 1.24. The van der Waals surface area contributed by atoms with E-state index >= 15 is 0 Å². The number of carbonyl (C=O) groups excluding carboxylic acids is 1. The minimum Gasteiger partial charge on any atom is -0.467 e. The molecule has 1 atom stereocenters. The van der Waals surface area contributed by atoms with Crippen LogP contribution in [0.2, 0.25) is 0 Å². The quantitative estimate of drug-likeness (QED) is 0.862. The molecule has 0 saturated heterocycles. The minimum atomic E-state index is -4.42. The van der Waals surface area contributed by atoms with E-state index in [1.807, 2.05) is 0 Å². The topological polar surface area (TPSA) is 38.3 Å². The molecule has 1 aromatic rings. The third-order valence-electron chi connectivity index (χ3n) is 2.80. The van der Waals surface area contributed by atoms with Gasteiger partial charge in [0.1, 0.15) is 6.04 Å². The Morgan fingerprint density at radius 3 is 2.30 bits per heavy atom. The molecule has 1 N–H and O–H groups in total. The van der Waals surface area contributed by atoms with E-state index in [1.54, 1.807) is 20.8 Å². The lowest BCUT2D eigenvalue weighted by Gasteiger charge is -2.30. The number of hydrogen-bond donors (Lipinski definition) is 1. The molecule has 20 heavy (non-hydrogen) atoms. The molecule has 1 rings (SSSR count). The number of methoxy groups -OCH3 is 1. The maximum atomic E-state index is 12.6. The number of hydrogen-bond acceptors (Lipinski definition) is 3. The molecule has 0 heterocycles. The third kappa shape index (κ3) is 4.15. The number of rotatable bonds is 3. The van der Waals surface area contributed by atoms with Crippen LogP contribution in [0.25, 0.3) is 0 Å². The lowest BCUT2D eigenvalue weighted by Crippen LogP contribution is -2.41. The lowest BCUT2D eigenvalue weighted by molar-refractivity contribution is -0.143. The van der Waals surface area contributed by atoms with E-state index in [0.29, 0.717) is 0 Å². The zero-order valence-corrected chi connectivity index (χ0v) is 11.8. The summed E-state index contributed by atoms with van der Waals surface area (Å²) >= 11 is 0. The van der Waals surface area contributed by atoms with Crippen molar-refractivity contribution >= 4 is 11.7 Å². The maximum absolute atomic E-state index is 12.6. The molecule has 0 saturated carbocycles. The van der Waals surface area contributed by atoms with Gasteiger partial charge in [-0.25, -0.2) is 4.79 Å². The summed E-state index contributed by atoms with van der Waals surface area (Å²) < 4.78 is 42.6. The van der Waals surface area contributed by atoms with Crippen LogP contribution in [0.3, 0.4) is 0 Å². The molecule has 0 aromatic heterocycles. The van der Waals surface area contributed by atoms with Crippen molar-refractivity contribution in [3.05, 3.63) is 29.8 Å². The van der Waals surface area contributed by atoms with Crippen molar-refractivity contribution in [1.82, 2.24) is 0 Å². The Labute approximate surface area is 116 Å². The minimum absolute atomic E-state index is 0.227. The van der Waals surface area contributed by atoms with Gasteiger partial charge in [-0.1, -0.05) is 26.8 Å². The number of ether oxygens (including phenoxy) is 1. The van der Waals surface area contributed by atoms with Crippen LogP contribution in [0, 0.1) is 5.41 Å². The van der Waals surface area contributed by atoms with Crippen LogP contribution in [0.1, 0.15) is 26.3 Å². The average molecular weight is 289 g/mol. The SMILES string of the molecule is COC(=O)C(Nc1cccc(C(F)(F)F)c1)C(C)(C)C. The Morgan fingerprint density at radius 1 is 1.25 bits per heavy atom. The van der Waals surface area contributed by atoms with Crippen molar-refractivity contribution in [2.75, 3.05) is 12.4 Å². The molecule has 0 radical (unpaired) electrons. The van der Waals surface area contributed by atoms with E-state index in [2.05, 4.69) is 10.1 Å². The van der Waals surface area contributed by atoms with Gasteiger partial charge in [0.15, 0.2) is 0 Å². The highest BCUT2D eigenvalue weighted by Crippen LogP contribution is 2.32. The number of halogens is 3. The zero-order valence-electron chi connectivity index (χ0n) is 11.8. The fourth-order valence-corrected chi connectivity index (χ4v) is 1.70. The van der Waals surface area contributed by atoms with E-state index in [0.717, 1.165) is 12.1 Å². The summed E-state index contributed by atoms with van der Waals surface area (Å²) in [6.45, 7) is 5.40. The third-order valence-corrected chi connectivity index (χ3v) is 2.80. The lowest BCUT2D eigenvalue weighted by atomic mass is 9.86. The van der Waals surface area contributed by atoms with Gasteiger partial charge in [0.2, 0.25) is 0 Å². The van der Waals surface area contributed by atoms with Crippen LogP contribution in [0.15, 0.2) is 24.3 Å². The second-order valence-corrected chi connectivity index (χ2v) is 5.55. The van der Waals surface area contributed by atoms with Gasteiger partial charge in [-0.3, -0.25) is 0 Å². The van der Waals surface area contributed by atoms with Crippen molar-refractivity contribution in [1.29, 1.82) is 0 Å². The van der Waals surface area contributed by atoms with Crippen LogP contribution >= 0.6 is 0 Å². The Morgan fingerprint density at radius 2 is 1.85 bits per heavy atom. The predicted molar refractivity (Wildman–Crippen MR) is 70.3 cm³/mol. The summed E-state index contributed by atoms with van der Waals surface area (Å²) in [4.78, 5) is 11.7. The molecule has 0 spiro atoms. The Bertz CT molecular complexity index is 478. The van der Waals surface area contributed by atoms with E-state index in [4.69, 9.17) is 0 Å². The molecule has 0 bridgehead atoms. The smallest absolute Gasteiger partial charge is 0.416 e. The first-order valence-electron chi connectivity index (χ1n) is 6.07. The Balaban J connectivity index is 3.04. The van der Waals surface area contributed by atoms with Crippen LogP contribution in [0.4, 0.5) is 18.9 Å². The number of nitrogens with one attached hydrogen (secondary N) is 1. The first-order valence-corrected chi connectivity index (χ1v) is 6.07. The number of carbonyl (C=O) groups is 1. The van der Waals surface area contributed by atoms with Gasteiger partial charge in [-0.2, -0.15) is 13.2 Å². The summed E-state index contributed by atoms with van der Waals surface area (Å²) in [5.41, 5.74) is -1.04. The van der Waals surface area contributed by atoms with E-state index in [9.17, 15) is 18.0 Å². The van der Waals surface area contributed by atoms with Crippen molar-refractivity contribution in [3.63, 3.8) is 0 Å². The van der Waals surface area contributed by atoms with Gasteiger partial charge in [0.25, 0.3) is 0 Å². The van der Waals surface area contributed by atoms with Crippen molar-refractivity contribution in [3.8, 4) is 0 Å². The molecular weight excluding hydrogens is 271 g/mol. The van der Waals surface area contributed by atoms with Crippen LogP contribution in [0.5, 0.6) is 0 Å². The molecule has 0 aliphatic heterocycles. The largest absolute Gasteiger partial charge is 0.467 e. The average Bonchev–Trinajstić information content (AvgIpc) is 2.33. The second kappa shape index (κ2) is 5.73. The van der Waals surface area contributed by atoms with E-state index in [1.165, 1.54) is 19.2 Å². The molecule has 1 unspecified atom stereocenters. The fourth-order valence-electron chi connectivity index (χ4n) is 1.70.